The van der Waals surface area contributed by atoms with Crippen molar-refractivity contribution in [1.82, 2.24) is 10.6 Å². The Morgan fingerprint density at radius 3 is 2.68 bits per heavy atom. The van der Waals surface area contributed by atoms with Crippen molar-refractivity contribution < 1.29 is 23.6 Å². The summed E-state index contributed by atoms with van der Waals surface area (Å²) in [7, 11) is 1.55. The zero-order valence-corrected chi connectivity index (χ0v) is 12.0. The summed E-state index contributed by atoms with van der Waals surface area (Å²) in [5, 5.41) is 15.9. The first-order valence-corrected chi connectivity index (χ1v) is 6.54. The largest absolute Gasteiger partial charge is 0.389 e. The molecular formula is C11H20N2O5S. The lowest BCUT2D eigenvalue weighted by Gasteiger charge is -2.39. The van der Waals surface area contributed by atoms with E-state index >= 15 is 0 Å². The second-order valence-electron chi connectivity index (χ2n) is 5.22. The van der Waals surface area contributed by atoms with E-state index in [0.29, 0.717) is 0 Å². The molecule has 2 heterocycles. The fourth-order valence-corrected chi connectivity index (χ4v) is 2.76. The van der Waals surface area contributed by atoms with E-state index < -0.39 is 36.2 Å². The summed E-state index contributed by atoms with van der Waals surface area (Å²) in [6.45, 7) is 3.66. The van der Waals surface area contributed by atoms with Gasteiger partial charge in [0.15, 0.2) is 5.79 Å². The van der Waals surface area contributed by atoms with Crippen LogP contribution in [-0.4, -0.2) is 60.9 Å². The molecule has 0 aliphatic carbocycles. The van der Waals surface area contributed by atoms with Crippen LogP contribution in [0.5, 0.6) is 0 Å². The molecule has 2 rings (SSSR count). The smallest absolute Gasteiger partial charge is 0.239 e. The molecular weight excluding hydrogens is 272 g/mol. The maximum atomic E-state index is 11.9. The number of fused-ring (bicyclic) bond motifs is 1. The van der Waals surface area contributed by atoms with Gasteiger partial charge < -0.3 is 24.1 Å². The van der Waals surface area contributed by atoms with Crippen LogP contribution in [0.4, 0.5) is 0 Å². The predicted octanol–water partition coefficient (Wildman–Crippen LogP) is -1.18. The molecule has 0 unspecified atom stereocenters. The van der Waals surface area contributed by atoms with Crippen LogP contribution in [0.3, 0.4) is 0 Å². The van der Waals surface area contributed by atoms with E-state index in [0.717, 1.165) is 0 Å². The van der Waals surface area contributed by atoms with Gasteiger partial charge in [-0.1, -0.05) is 0 Å². The van der Waals surface area contributed by atoms with Crippen LogP contribution >= 0.6 is 12.9 Å². The van der Waals surface area contributed by atoms with Gasteiger partial charge in [-0.2, -0.15) is 0 Å². The standard InChI is InChI=1S/C11H20N2O5S/c1-11(2)17-8-6(10(15)12-3)13-5(4-16-19)7(14)9(8)18-11/h5-9,13-14,19H,4H2,1-3H3,(H,12,15)/t5-,6+,7-,8-,9+/m1/s1. The summed E-state index contributed by atoms with van der Waals surface area (Å²) >= 11 is 3.68. The first-order chi connectivity index (χ1) is 8.89. The molecule has 19 heavy (non-hydrogen) atoms. The number of hydrogen-bond acceptors (Lipinski definition) is 7. The number of amides is 1. The Morgan fingerprint density at radius 1 is 1.47 bits per heavy atom. The number of piperidine rings is 1. The molecule has 110 valence electrons. The summed E-state index contributed by atoms with van der Waals surface area (Å²) in [6, 6.07) is -1.05. The molecule has 2 aliphatic rings. The average Bonchev–Trinajstić information content (AvgIpc) is 2.68. The lowest BCUT2D eigenvalue weighted by atomic mass is 9.90. The SMILES string of the molecule is CNC(=O)[C@H]1N[C@H](COS)[C@@H](O)[C@@H]2OC(C)(C)O[C@@H]21. The molecule has 0 saturated carbocycles. The molecule has 0 bridgehead atoms. The Balaban J connectivity index is 2.22. The van der Waals surface area contributed by atoms with Crippen LogP contribution in [0.15, 0.2) is 0 Å². The maximum absolute atomic E-state index is 11.9. The Bertz CT molecular complexity index is 354. The van der Waals surface area contributed by atoms with Crippen molar-refractivity contribution >= 4 is 18.8 Å². The molecule has 0 spiro atoms. The molecule has 0 aromatic heterocycles. The van der Waals surface area contributed by atoms with Gasteiger partial charge in [0.2, 0.25) is 5.91 Å². The third-order valence-electron chi connectivity index (χ3n) is 3.42. The van der Waals surface area contributed by atoms with Crippen molar-refractivity contribution in [2.75, 3.05) is 13.7 Å². The molecule has 3 N–H and O–H groups in total. The molecule has 5 atom stereocenters. The number of aliphatic hydroxyl groups excluding tert-OH is 1. The normalized spacial score (nSPS) is 40.8. The van der Waals surface area contributed by atoms with Crippen LogP contribution in [0.2, 0.25) is 0 Å². The van der Waals surface area contributed by atoms with Gasteiger partial charge in [-0.25, -0.2) is 0 Å². The quantitative estimate of drug-likeness (QED) is 0.387. The Kier molecular flexibility index (Phi) is 4.38. The minimum absolute atomic E-state index is 0.158. The Labute approximate surface area is 117 Å². The Hall–Kier alpha value is -0.380. The van der Waals surface area contributed by atoms with Crippen LogP contribution in [0.25, 0.3) is 0 Å². The van der Waals surface area contributed by atoms with Gasteiger partial charge in [0.1, 0.15) is 24.4 Å². The number of carbonyl (C=O) groups excluding carboxylic acids is 1. The molecule has 2 fully saturated rings. The number of carbonyl (C=O) groups is 1. The van der Waals surface area contributed by atoms with E-state index in [1.165, 1.54) is 0 Å². The first-order valence-electron chi connectivity index (χ1n) is 6.17. The van der Waals surface area contributed by atoms with Gasteiger partial charge in [0.05, 0.1) is 12.6 Å². The van der Waals surface area contributed by atoms with Gasteiger partial charge >= 0.3 is 0 Å². The van der Waals surface area contributed by atoms with Crippen LogP contribution in [0, 0.1) is 0 Å². The van der Waals surface area contributed by atoms with Crippen molar-refractivity contribution in [1.29, 1.82) is 0 Å². The highest BCUT2D eigenvalue weighted by molar-refractivity contribution is 7.75. The Morgan fingerprint density at radius 2 is 2.11 bits per heavy atom. The zero-order chi connectivity index (χ0) is 14.2. The van der Waals surface area contributed by atoms with Gasteiger partial charge in [0, 0.05) is 7.05 Å². The van der Waals surface area contributed by atoms with Crippen molar-refractivity contribution in [3.63, 3.8) is 0 Å². The number of rotatable bonds is 3. The van der Waals surface area contributed by atoms with Gasteiger partial charge in [-0.15, -0.1) is 0 Å². The third kappa shape index (κ3) is 2.88. The van der Waals surface area contributed by atoms with Gasteiger partial charge in [-0.3, -0.25) is 10.1 Å². The van der Waals surface area contributed by atoms with E-state index in [2.05, 4.69) is 23.5 Å². The second kappa shape index (κ2) is 5.55. The summed E-state index contributed by atoms with van der Waals surface area (Å²) in [6.07, 6.45) is -1.95. The van der Waals surface area contributed by atoms with Gasteiger partial charge in [-0.05, 0) is 26.8 Å². The number of hydrogen-bond donors (Lipinski definition) is 4. The highest BCUT2D eigenvalue weighted by Gasteiger charge is 2.55. The topological polar surface area (TPSA) is 89.1 Å². The minimum atomic E-state index is -0.833. The number of nitrogens with one attached hydrogen (secondary N) is 2. The van der Waals surface area contributed by atoms with Crippen LogP contribution in [-0.2, 0) is 18.5 Å². The molecule has 8 heteroatoms. The van der Waals surface area contributed by atoms with Crippen LogP contribution in [0.1, 0.15) is 13.8 Å². The maximum Gasteiger partial charge on any atom is 0.239 e. The molecule has 0 radical (unpaired) electrons. The molecule has 2 aliphatic heterocycles. The summed E-state index contributed by atoms with van der Waals surface area (Å²) in [5.41, 5.74) is 0. The minimum Gasteiger partial charge on any atom is -0.389 e. The van der Waals surface area contributed by atoms with E-state index in [1.807, 2.05) is 0 Å². The van der Waals surface area contributed by atoms with Crippen molar-refractivity contribution in [3.8, 4) is 0 Å². The first kappa shape index (κ1) is 15.0. The fraction of sp³-hybridized carbons (Fsp3) is 0.909. The summed E-state index contributed by atoms with van der Waals surface area (Å²) < 4.78 is 16.2. The lowest BCUT2D eigenvalue weighted by Crippen LogP contribution is -2.68. The summed E-state index contributed by atoms with van der Waals surface area (Å²) in [4.78, 5) is 11.9. The lowest BCUT2D eigenvalue weighted by molar-refractivity contribution is -0.155. The molecule has 7 nitrogen and oxygen atoms in total. The number of thiol groups is 1. The third-order valence-corrected chi connectivity index (χ3v) is 3.57. The van der Waals surface area contributed by atoms with E-state index in [4.69, 9.17) is 13.7 Å². The number of likely N-dealkylation sites (N-methyl/N-ethyl adjacent to an activating group) is 1. The van der Waals surface area contributed by atoms with E-state index in [1.54, 1.807) is 20.9 Å². The second-order valence-corrected chi connectivity index (χ2v) is 5.47. The summed E-state index contributed by atoms with van der Waals surface area (Å²) in [5.74, 6) is -1.05. The highest BCUT2D eigenvalue weighted by atomic mass is 32.1. The van der Waals surface area contributed by atoms with Crippen molar-refractivity contribution in [3.05, 3.63) is 0 Å². The monoisotopic (exact) mass is 292 g/mol. The highest BCUT2D eigenvalue weighted by Crippen LogP contribution is 2.35. The molecule has 2 saturated heterocycles. The number of ether oxygens (including phenoxy) is 2. The van der Waals surface area contributed by atoms with E-state index in [-0.39, 0.29) is 12.5 Å². The predicted molar refractivity (Wildman–Crippen MR) is 69.5 cm³/mol. The molecule has 0 aromatic rings. The van der Waals surface area contributed by atoms with E-state index in [9.17, 15) is 9.90 Å². The fourth-order valence-electron chi connectivity index (χ4n) is 2.60. The van der Waals surface area contributed by atoms with Gasteiger partial charge in [0.25, 0.3) is 0 Å². The molecule has 0 aromatic carbocycles. The zero-order valence-electron chi connectivity index (χ0n) is 11.1. The number of aliphatic hydroxyl groups is 1. The van der Waals surface area contributed by atoms with Crippen molar-refractivity contribution in [2.24, 2.45) is 0 Å². The van der Waals surface area contributed by atoms with Crippen LogP contribution < -0.4 is 10.6 Å². The average molecular weight is 292 g/mol. The molecule has 1 amide bonds. The van der Waals surface area contributed by atoms with Crippen molar-refractivity contribution in [2.45, 2.75) is 50.0 Å².